The molecular weight excluding hydrogens is 1370 g/mol. The standard InChI is InChI=1S/C34H42N6O5.C24H26N6O2.C23H34N4O4/c1-33(2,3)31(42)44-27-18-35-25-14-15-26(38-30(41)23-17-36-40(20-23)19-22-11-8-7-9-12-22)28(25)29(27)39-16-10-13-24(21-39)37-32(43)45-34(4,5)6;25-18-7-4-10-29(15-18)23-21(31)12-26-19-8-9-20(22(19)23)28-24(32)17-11-27-30(14-17)13-16-5-2-1-3-6-16;1-22(2,3)20(28)30-17-12-25-16-10-9-15(24)18(16)19(17)27-11-7-8-14(13-27)26-21(29)31-23(4,5)6/h7-9,11-12,15,17-18,20,24H,10,13-14,16,19,21H2,1-6H3,(H,37,43)(H,38,41);1-3,5-6,9,11-12,14,18,31H,4,7-8,10,13,15,25H2,(H,28,32);9,12,14H,7-8,10-11,13,24H2,1-6H3,(H,26,29)/t24-;18-;14-/m111/s1. The van der Waals surface area contributed by atoms with Crippen LogP contribution < -0.4 is 56.9 Å². The molecule has 3 aliphatic carbocycles. The second kappa shape index (κ2) is 33.0. The molecule has 0 spiro atoms. The molecule has 108 heavy (non-hydrogen) atoms. The van der Waals surface area contributed by atoms with Crippen molar-refractivity contribution in [2.75, 3.05) is 54.0 Å². The number of hydrogen-bond acceptors (Lipinski definition) is 21. The molecule has 3 fully saturated rings. The van der Waals surface area contributed by atoms with Gasteiger partial charge in [0.05, 0.1) is 100 Å². The normalized spacial score (nSPS) is 17.5. The number of aromatic hydroxyl groups is 1. The van der Waals surface area contributed by atoms with E-state index in [0.717, 1.165) is 96.6 Å². The zero-order chi connectivity index (χ0) is 77.4. The first-order valence-electron chi connectivity index (χ1n) is 37.0. The zero-order valence-electron chi connectivity index (χ0n) is 64.0. The number of carbonyl (C=O) groups is 6. The molecule has 7 aromatic rings. The average molecular weight is 1480 g/mol. The maximum absolute atomic E-state index is 13.5. The van der Waals surface area contributed by atoms with Crippen molar-refractivity contribution in [2.45, 2.75) is 183 Å². The maximum atomic E-state index is 13.5. The molecule has 0 saturated carbocycles. The first-order valence-corrected chi connectivity index (χ1v) is 37.0. The van der Waals surface area contributed by atoms with Crippen LogP contribution in [0.25, 0.3) is 17.1 Å². The van der Waals surface area contributed by atoms with Gasteiger partial charge in [0.2, 0.25) is 0 Å². The molecule has 13 rings (SSSR count). The summed E-state index contributed by atoms with van der Waals surface area (Å²) < 4.78 is 26.1. The van der Waals surface area contributed by atoms with E-state index in [1.807, 2.05) is 141 Å². The minimum atomic E-state index is -0.744. The Bertz CT molecular complexity index is 4560. The summed E-state index contributed by atoms with van der Waals surface area (Å²) in [7, 11) is 0. The van der Waals surface area contributed by atoms with Crippen molar-refractivity contribution in [2.24, 2.45) is 22.3 Å². The summed E-state index contributed by atoms with van der Waals surface area (Å²) in [6.45, 7) is 26.9. The third-order valence-electron chi connectivity index (χ3n) is 18.6. The number of alkyl carbamates (subject to hydrolysis) is 2. The van der Waals surface area contributed by atoms with E-state index in [0.29, 0.717) is 115 Å². The van der Waals surface area contributed by atoms with Crippen LogP contribution in [0.15, 0.2) is 122 Å². The SMILES string of the molecule is CC(C)(C)OC(=O)N[C@@H]1CCCN(c2c(OC(=O)C(C)(C)C)cnc3c2C(N)=CC3)C1.CC(C)(C)OC(=O)N[C@@H]1CCCN(c2c(OC(=O)C(C)(C)C)cnc3c2C(NC(=O)c2cnn(Cc4ccccc4)c2)=CC3)C1.N[C@@H]1CCCN(c2c(O)cnc3c2C(NC(=O)c2cnn(Cc4ccccc4)c2)=CC3)C1. The Labute approximate surface area is 630 Å². The van der Waals surface area contributed by atoms with Crippen LogP contribution in [-0.2, 0) is 51.4 Å². The molecule has 0 unspecified atom stereocenters. The lowest BCUT2D eigenvalue weighted by Gasteiger charge is -2.37. The van der Waals surface area contributed by atoms with Crippen LogP contribution in [0.2, 0.25) is 0 Å². The number of allylic oxidation sites excluding steroid dienone is 3. The number of fused-ring (bicyclic) bond motifs is 3. The highest BCUT2D eigenvalue weighted by atomic mass is 16.6. The van der Waals surface area contributed by atoms with Gasteiger partial charge < -0.3 is 71.5 Å². The van der Waals surface area contributed by atoms with Crippen molar-refractivity contribution in [1.82, 2.24) is 55.8 Å². The molecule has 3 aliphatic heterocycles. The number of carbonyl (C=O) groups excluding carboxylic acids is 6. The fraction of sp³-hybridized carbons (Fsp3) is 0.444. The van der Waals surface area contributed by atoms with Crippen molar-refractivity contribution in [3.63, 3.8) is 0 Å². The number of ether oxygens (including phenoxy) is 4. The lowest BCUT2D eigenvalue weighted by molar-refractivity contribution is -0.143. The first kappa shape index (κ1) is 78.0. The van der Waals surface area contributed by atoms with Gasteiger partial charge in [-0.2, -0.15) is 10.2 Å². The molecule has 8 heterocycles. The predicted octanol–water partition coefficient (Wildman–Crippen LogP) is 10.8. The van der Waals surface area contributed by atoms with Crippen LogP contribution in [-0.4, -0.2) is 144 Å². The van der Waals surface area contributed by atoms with Crippen molar-refractivity contribution in [1.29, 1.82) is 0 Å². The monoisotopic (exact) mass is 1470 g/mol. The van der Waals surface area contributed by atoms with Gasteiger partial charge in [-0.1, -0.05) is 78.9 Å². The van der Waals surface area contributed by atoms with Gasteiger partial charge in [-0.25, -0.2) is 9.59 Å². The number of hydrogen-bond donors (Lipinski definition) is 7. The summed E-state index contributed by atoms with van der Waals surface area (Å²) in [6, 6.07) is 19.7. The van der Waals surface area contributed by atoms with Gasteiger partial charge in [0.15, 0.2) is 17.2 Å². The molecule has 27 heteroatoms. The maximum Gasteiger partial charge on any atom is 0.407 e. The highest BCUT2D eigenvalue weighted by Crippen LogP contribution is 2.45. The second-order valence-electron chi connectivity index (χ2n) is 32.1. The molecule has 3 saturated heterocycles. The van der Waals surface area contributed by atoms with Gasteiger partial charge in [-0.05, 0) is 133 Å². The van der Waals surface area contributed by atoms with E-state index in [1.165, 1.54) is 6.20 Å². The van der Waals surface area contributed by atoms with Crippen molar-refractivity contribution in [3.8, 4) is 17.2 Å². The van der Waals surface area contributed by atoms with Crippen molar-refractivity contribution < 1.29 is 52.8 Å². The van der Waals surface area contributed by atoms with E-state index >= 15 is 0 Å². The van der Waals surface area contributed by atoms with Gasteiger partial charge in [0, 0.05) is 123 Å². The number of piperidine rings is 3. The van der Waals surface area contributed by atoms with Gasteiger partial charge in [-0.15, -0.1) is 0 Å². The number of pyridine rings is 3. The van der Waals surface area contributed by atoms with E-state index in [-0.39, 0.29) is 41.7 Å². The summed E-state index contributed by atoms with van der Waals surface area (Å²) in [5.41, 5.74) is 21.8. The minimum Gasteiger partial charge on any atom is -0.504 e. The summed E-state index contributed by atoms with van der Waals surface area (Å²) in [5, 5.41) is 31.4. The van der Waals surface area contributed by atoms with E-state index in [9.17, 15) is 33.9 Å². The van der Waals surface area contributed by atoms with Crippen molar-refractivity contribution >= 4 is 70.1 Å². The number of aromatic nitrogens is 7. The number of anilines is 3. The molecule has 27 nitrogen and oxygen atoms in total. The summed E-state index contributed by atoms with van der Waals surface area (Å²) in [4.78, 5) is 96.8. The zero-order valence-corrected chi connectivity index (χ0v) is 64.0. The Morgan fingerprint density at radius 1 is 0.509 bits per heavy atom. The van der Waals surface area contributed by atoms with Crippen LogP contribution in [0.1, 0.15) is 187 Å². The Hall–Kier alpha value is -11.1. The van der Waals surface area contributed by atoms with E-state index in [2.05, 4.69) is 61.1 Å². The van der Waals surface area contributed by atoms with Crippen molar-refractivity contribution in [3.05, 3.63) is 178 Å². The van der Waals surface area contributed by atoms with Gasteiger partial charge >= 0.3 is 24.1 Å². The lowest BCUT2D eigenvalue weighted by Crippen LogP contribution is -2.49. The smallest absolute Gasteiger partial charge is 0.407 e. The van der Waals surface area contributed by atoms with Crippen LogP contribution >= 0.6 is 0 Å². The van der Waals surface area contributed by atoms with Crippen LogP contribution in [0.3, 0.4) is 0 Å². The van der Waals surface area contributed by atoms with Crippen LogP contribution in [0, 0.1) is 10.8 Å². The molecule has 4 amide bonds. The molecule has 0 bridgehead atoms. The number of nitrogens with two attached hydrogens (primary N) is 2. The van der Waals surface area contributed by atoms with Gasteiger partial charge in [-0.3, -0.25) is 43.5 Å². The third-order valence-corrected chi connectivity index (χ3v) is 18.6. The molecule has 0 radical (unpaired) electrons. The third kappa shape index (κ3) is 19.9. The highest BCUT2D eigenvalue weighted by Gasteiger charge is 2.37. The van der Waals surface area contributed by atoms with Crippen LogP contribution in [0.4, 0.5) is 26.7 Å². The fourth-order valence-electron chi connectivity index (χ4n) is 13.5. The number of rotatable bonds is 15. The summed E-state index contributed by atoms with van der Waals surface area (Å²) >= 11 is 0. The molecule has 9 N–H and O–H groups in total. The van der Waals surface area contributed by atoms with Gasteiger partial charge in [0.1, 0.15) is 11.2 Å². The Morgan fingerprint density at radius 3 is 1.34 bits per heavy atom. The second-order valence-corrected chi connectivity index (χ2v) is 32.1. The predicted molar refractivity (Wildman–Crippen MR) is 413 cm³/mol. The fourth-order valence-corrected chi connectivity index (χ4v) is 13.5. The van der Waals surface area contributed by atoms with E-state index < -0.39 is 40.2 Å². The lowest BCUT2D eigenvalue weighted by atomic mass is 9.97. The quantitative estimate of drug-likeness (QED) is 0.0469. The summed E-state index contributed by atoms with van der Waals surface area (Å²) in [5.74, 6) is -0.469. The number of amides is 4. The molecular formula is C81H102N16O11. The first-order chi connectivity index (χ1) is 51.2. The number of nitrogens with zero attached hydrogens (tertiary/aromatic N) is 10. The largest absolute Gasteiger partial charge is 0.504 e. The highest BCUT2D eigenvalue weighted by molar-refractivity contribution is 6.03. The van der Waals surface area contributed by atoms with Gasteiger partial charge in [0.25, 0.3) is 11.8 Å². The number of benzene rings is 2. The molecule has 6 aliphatic rings. The minimum absolute atomic E-state index is 0.0610. The molecule has 572 valence electrons. The molecule has 3 atom stereocenters. The molecule has 5 aromatic heterocycles. The summed E-state index contributed by atoms with van der Waals surface area (Å²) in [6.07, 6.45) is 23.1. The van der Waals surface area contributed by atoms with Crippen LogP contribution in [0.5, 0.6) is 17.2 Å². The van der Waals surface area contributed by atoms with E-state index in [4.69, 9.17) is 30.4 Å². The molecule has 2 aromatic carbocycles. The topological polar surface area (TPSA) is 344 Å². The average Bonchev–Trinajstić information content (AvgIpc) is 1.58. The van der Waals surface area contributed by atoms with E-state index in [1.54, 1.807) is 67.3 Å². The Balaban J connectivity index is 0.000000165. The number of esters is 2. The number of nitrogens with one attached hydrogen (secondary N) is 4. The Kier molecular flexibility index (Phi) is 23.8. The Morgan fingerprint density at radius 2 is 0.907 bits per heavy atom.